The van der Waals surface area contributed by atoms with Crippen LogP contribution in [0.15, 0.2) is 24.3 Å². The summed E-state index contributed by atoms with van der Waals surface area (Å²) in [5.74, 6) is -0.663. The van der Waals surface area contributed by atoms with Gasteiger partial charge in [-0.25, -0.2) is 4.39 Å². The predicted molar refractivity (Wildman–Crippen MR) is 94.8 cm³/mol. The summed E-state index contributed by atoms with van der Waals surface area (Å²) in [4.78, 5) is 23.6. The van der Waals surface area contributed by atoms with Crippen LogP contribution < -0.4 is 10.6 Å². The van der Waals surface area contributed by atoms with Gasteiger partial charge in [-0.2, -0.15) is 0 Å². The maximum Gasteiger partial charge on any atom is 0.227 e. The Kier molecular flexibility index (Phi) is 6.19. The summed E-state index contributed by atoms with van der Waals surface area (Å²) in [6.07, 6.45) is 0.464. The third-order valence-electron chi connectivity index (χ3n) is 3.33. The van der Waals surface area contributed by atoms with Gasteiger partial charge in [0, 0.05) is 24.8 Å². The quantitative estimate of drug-likeness (QED) is 0.825. The highest BCUT2D eigenvalue weighted by molar-refractivity contribution is 7.15. The molecule has 0 unspecified atom stereocenters. The van der Waals surface area contributed by atoms with E-state index < -0.39 is 5.41 Å². The maximum absolute atomic E-state index is 13.6. The SMILES string of the molecule is CC(C)(C)C(=O)NCCC(=O)Nc1nnc(Cc2ccccc2F)s1. The standard InChI is InChI=1S/C17H21FN4O2S/c1-17(2,3)15(24)19-9-8-13(23)20-16-22-21-14(25-16)10-11-6-4-5-7-12(11)18/h4-7H,8-10H2,1-3H3,(H,19,24)(H,20,22,23). The van der Waals surface area contributed by atoms with Gasteiger partial charge in [-0.1, -0.05) is 50.3 Å². The van der Waals surface area contributed by atoms with Crippen LogP contribution in [0.3, 0.4) is 0 Å². The topological polar surface area (TPSA) is 84.0 Å². The Morgan fingerprint density at radius 1 is 1.20 bits per heavy atom. The minimum atomic E-state index is -0.489. The maximum atomic E-state index is 13.6. The summed E-state index contributed by atoms with van der Waals surface area (Å²) >= 11 is 1.20. The molecule has 0 saturated heterocycles. The lowest BCUT2D eigenvalue weighted by molar-refractivity contribution is -0.128. The van der Waals surface area contributed by atoms with Crippen molar-refractivity contribution in [2.24, 2.45) is 5.41 Å². The number of carbonyl (C=O) groups excluding carboxylic acids is 2. The van der Waals surface area contributed by atoms with Crippen LogP contribution in [0, 0.1) is 11.2 Å². The Morgan fingerprint density at radius 3 is 2.60 bits per heavy atom. The molecule has 0 aliphatic rings. The second kappa shape index (κ2) is 8.15. The molecule has 8 heteroatoms. The highest BCUT2D eigenvalue weighted by Gasteiger charge is 2.20. The van der Waals surface area contributed by atoms with E-state index in [0.717, 1.165) is 0 Å². The van der Waals surface area contributed by atoms with Crippen molar-refractivity contribution in [2.75, 3.05) is 11.9 Å². The van der Waals surface area contributed by atoms with E-state index in [-0.39, 0.29) is 30.6 Å². The van der Waals surface area contributed by atoms with Crippen LogP contribution in [0.2, 0.25) is 0 Å². The molecule has 2 N–H and O–H groups in total. The molecule has 6 nitrogen and oxygen atoms in total. The largest absolute Gasteiger partial charge is 0.355 e. The van der Waals surface area contributed by atoms with Gasteiger partial charge in [-0.3, -0.25) is 9.59 Å². The molecule has 25 heavy (non-hydrogen) atoms. The van der Waals surface area contributed by atoms with E-state index in [4.69, 9.17) is 0 Å². The minimum absolute atomic E-state index is 0.108. The molecule has 1 aromatic carbocycles. The van der Waals surface area contributed by atoms with E-state index in [1.807, 2.05) is 0 Å². The molecule has 0 saturated carbocycles. The van der Waals surface area contributed by atoms with E-state index >= 15 is 0 Å². The van der Waals surface area contributed by atoms with Crippen LogP contribution in [0.25, 0.3) is 0 Å². The Labute approximate surface area is 149 Å². The predicted octanol–water partition coefficient (Wildman–Crippen LogP) is 2.76. The molecule has 2 aromatic rings. The van der Waals surface area contributed by atoms with E-state index in [0.29, 0.717) is 22.1 Å². The molecule has 1 aromatic heterocycles. The van der Waals surface area contributed by atoms with Crippen LogP contribution in [0.5, 0.6) is 0 Å². The van der Waals surface area contributed by atoms with Gasteiger partial charge in [-0.15, -0.1) is 10.2 Å². The monoisotopic (exact) mass is 364 g/mol. The Bertz CT molecular complexity index is 755. The Hall–Kier alpha value is -2.35. The zero-order valence-electron chi connectivity index (χ0n) is 14.4. The second-order valence-corrected chi connectivity index (χ2v) is 7.64. The summed E-state index contributed by atoms with van der Waals surface area (Å²) < 4.78 is 13.6. The highest BCUT2D eigenvalue weighted by Crippen LogP contribution is 2.20. The zero-order valence-corrected chi connectivity index (χ0v) is 15.2. The van der Waals surface area contributed by atoms with Crippen LogP contribution in [0.1, 0.15) is 37.8 Å². The van der Waals surface area contributed by atoms with Crippen molar-refractivity contribution in [2.45, 2.75) is 33.6 Å². The Morgan fingerprint density at radius 2 is 1.92 bits per heavy atom. The molecule has 134 valence electrons. The van der Waals surface area contributed by atoms with Gasteiger partial charge in [0.25, 0.3) is 0 Å². The van der Waals surface area contributed by atoms with Crippen molar-refractivity contribution in [1.29, 1.82) is 0 Å². The zero-order chi connectivity index (χ0) is 18.4. The molecule has 0 aliphatic carbocycles. The number of benzene rings is 1. The number of hydrogen-bond acceptors (Lipinski definition) is 5. The third-order valence-corrected chi connectivity index (χ3v) is 4.17. The third kappa shape index (κ3) is 5.90. The molecular weight excluding hydrogens is 343 g/mol. The lowest BCUT2D eigenvalue weighted by Gasteiger charge is -2.17. The average molecular weight is 364 g/mol. The van der Waals surface area contributed by atoms with Crippen molar-refractivity contribution in [3.63, 3.8) is 0 Å². The van der Waals surface area contributed by atoms with Crippen molar-refractivity contribution < 1.29 is 14.0 Å². The van der Waals surface area contributed by atoms with Crippen LogP contribution >= 0.6 is 11.3 Å². The number of aromatic nitrogens is 2. The molecular formula is C17H21FN4O2S. The van der Waals surface area contributed by atoms with Gasteiger partial charge in [0.1, 0.15) is 10.8 Å². The first-order chi connectivity index (χ1) is 11.8. The van der Waals surface area contributed by atoms with Crippen LogP contribution in [-0.2, 0) is 16.0 Å². The first-order valence-electron chi connectivity index (χ1n) is 7.89. The molecule has 2 rings (SSSR count). The first-order valence-corrected chi connectivity index (χ1v) is 8.71. The fourth-order valence-electron chi connectivity index (χ4n) is 1.92. The number of nitrogens with one attached hydrogen (secondary N) is 2. The van der Waals surface area contributed by atoms with Crippen LogP contribution in [0.4, 0.5) is 9.52 Å². The van der Waals surface area contributed by atoms with E-state index in [9.17, 15) is 14.0 Å². The van der Waals surface area contributed by atoms with Gasteiger partial charge >= 0.3 is 0 Å². The summed E-state index contributed by atoms with van der Waals surface area (Å²) in [6, 6.07) is 6.47. The number of halogens is 1. The van der Waals surface area contributed by atoms with Gasteiger partial charge in [0.2, 0.25) is 16.9 Å². The molecule has 0 radical (unpaired) electrons. The lowest BCUT2D eigenvalue weighted by atomic mass is 9.96. The van der Waals surface area contributed by atoms with Crippen molar-refractivity contribution in [1.82, 2.24) is 15.5 Å². The number of nitrogens with zero attached hydrogens (tertiary/aromatic N) is 2. The Balaban J connectivity index is 1.81. The fourth-order valence-corrected chi connectivity index (χ4v) is 2.70. The van der Waals surface area contributed by atoms with Crippen molar-refractivity contribution in [3.8, 4) is 0 Å². The van der Waals surface area contributed by atoms with Crippen LogP contribution in [-0.4, -0.2) is 28.6 Å². The molecule has 1 heterocycles. The van der Waals surface area contributed by atoms with Gasteiger partial charge in [-0.05, 0) is 11.6 Å². The smallest absolute Gasteiger partial charge is 0.227 e. The van der Waals surface area contributed by atoms with E-state index in [2.05, 4.69) is 20.8 Å². The second-order valence-electron chi connectivity index (χ2n) is 6.57. The number of carbonyl (C=O) groups is 2. The van der Waals surface area contributed by atoms with Crippen molar-refractivity contribution >= 4 is 28.3 Å². The lowest BCUT2D eigenvalue weighted by Crippen LogP contribution is -2.36. The average Bonchev–Trinajstić information content (AvgIpc) is 2.95. The molecule has 0 fully saturated rings. The molecule has 0 bridgehead atoms. The van der Waals surface area contributed by atoms with Gasteiger partial charge < -0.3 is 10.6 Å². The number of hydrogen-bond donors (Lipinski definition) is 2. The van der Waals surface area contributed by atoms with Gasteiger partial charge in [0.05, 0.1) is 0 Å². The summed E-state index contributed by atoms with van der Waals surface area (Å²) in [7, 11) is 0. The van der Waals surface area contributed by atoms with Gasteiger partial charge in [0.15, 0.2) is 0 Å². The summed E-state index contributed by atoms with van der Waals surface area (Å²) in [6.45, 7) is 5.67. The normalized spacial score (nSPS) is 11.2. The first kappa shape index (κ1) is 19.0. The molecule has 2 amide bonds. The van der Waals surface area contributed by atoms with E-state index in [1.165, 1.54) is 17.4 Å². The number of amides is 2. The summed E-state index contributed by atoms with van der Waals surface area (Å²) in [5, 5.41) is 14.2. The number of rotatable bonds is 6. The molecule has 0 atom stereocenters. The highest BCUT2D eigenvalue weighted by atomic mass is 32.1. The van der Waals surface area contributed by atoms with Crippen molar-refractivity contribution in [3.05, 3.63) is 40.7 Å². The fraction of sp³-hybridized carbons (Fsp3) is 0.412. The summed E-state index contributed by atoms with van der Waals surface area (Å²) in [5.41, 5.74) is 0.0403. The molecule has 0 spiro atoms. The molecule has 0 aliphatic heterocycles. The van der Waals surface area contributed by atoms with E-state index in [1.54, 1.807) is 39.0 Å². The number of anilines is 1. The minimum Gasteiger partial charge on any atom is -0.355 e.